The highest BCUT2D eigenvalue weighted by Gasteiger charge is 2.27. The van der Waals surface area contributed by atoms with E-state index in [1.165, 1.54) is 9.21 Å². The van der Waals surface area contributed by atoms with Crippen LogP contribution in [0.25, 0.3) is 0 Å². The van der Waals surface area contributed by atoms with E-state index in [-0.39, 0.29) is 37.4 Å². The van der Waals surface area contributed by atoms with Gasteiger partial charge in [-0.15, -0.1) is 0 Å². The van der Waals surface area contributed by atoms with Crippen molar-refractivity contribution in [2.75, 3.05) is 17.1 Å². The van der Waals surface area contributed by atoms with Crippen LogP contribution in [-0.2, 0) is 26.2 Å². The van der Waals surface area contributed by atoms with Crippen LogP contribution in [0.2, 0.25) is 5.02 Å². The zero-order chi connectivity index (χ0) is 25.5. The minimum absolute atomic E-state index is 0.0555. The quantitative estimate of drug-likeness (QED) is 0.495. The number of aryl methyl sites for hydroxylation is 1. The van der Waals surface area contributed by atoms with Crippen molar-refractivity contribution < 1.29 is 18.0 Å². The Morgan fingerprint density at radius 3 is 2.26 bits per heavy atom. The molecule has 0 fully saturated rings. The number of nitrogens with one attached hydrogen (secondary N) is 1. The lowest BCUT2D eigenvalue weighted by molar-refractivity contribution is -0.140. The summed E-state index contributed by atoms with van der Waals surface area (Å²) < 4.78 is 26.1. The van der Waals surface area contributed by atoms with Crippen LogP contribution < -0.4 is 9.62 Å². The van der Waals surface area contributed by atoms with Gasteiger partial charge >= 0.3 is 0 Å². The molecule has 0 aliphatic carbocycles. The zero-order valence-corrected chi connectivity index (χ0v) is 22.0. The topological polar surface area (TPSA) is 86.8 Å². The molecular formula is C25H34ClN3O4S. The number of halogens is 1. The molecule has 0 radical (unpaired) electrons. The lowest BCUT2D eigenvalue weighted by atomic mass is 10.1. The second-order valence-electron chi connectivity index (χ2n) is 8.77. The predicted octanol–water partition coefficient (Wildman–Crippen LogP) is 4.14. The molecule has 7 nitrogen and oxygen atoms in total. The molecule has 0 aliphatic rings. The number of hydrogen-bond acceptors (Lipinski definition) is 4. The molecule has 0 bridgehead atoms. The minimum Gasteiger partial charge on any atom is -0.352 e. The van der Waals surface area contributed by atoms with Crippen molar-refractivity contribution in [3.63, 3.8) is 0 Å². The predicted molar refractivity (Wildman–Crippen MR) is 137 cm³/mol. The molecule has 34 heavy (non-hydrogen) atoms. The van der Waals surface area contributed by atoms with Gasteiger partial charge in [0.05, 0.1) is 11.9 Å². The summed E-state index contributed by atoms with van der Waals surface area (Å²) in [6, 6.07) is 13.6. The third kappa shape index (κ3) is 8.33. The average Bonchev–Trinajstić information content (AvgIpc) is 2.74. The molecule has 1 atom stereocenters. The van der Waals surface area contributed by atoms with Gasteiger partial charge in [-0.1, -0.05) is 35.9 Å². The summed E-state index contributed by atoms with van der Waals surface area (Å²) in [6.07, 6.45) is 1.57. The molecule has 186 valence electrons. The number of rotatable bonds is 11. The maximum atomic E-state index is 13.2. The van der Waals surface area contributed by atoms with Crippen molar-refractivity contribution in [1.82, 2.24) is 10.2 Å². The number of anilines is 1. The molecule has 2 amide bonds. The summed E-state index contributed by atoms with van der Waals surface area (Å²) in [6.45, 7) is 7.72. The van der Waals surface area contributed by atoms with Gasteiger partial charge in [-0.05, 0) is 69.5 Å². The number of nitrogens with zero attached hydrogens (tertiary/aromatic N) is 2. The smallest absolute Gasteiger partial charge is 0.242 e. The fraction of sp³-hybridized carbons (Fsp3) is 0.440. The molecule has 2 rings (SSSR count). The summed E-state index contributed by atoms with van der Waals surface area (Å²) >= 11 is 5.98. The van der Waals surface area contributed by atoms with Crippen LogP contribution in [0.5, 0.6) is 0 Å². The molecule has 9 heteroatoms. The SMILES string of the molecule is Cc1cccc(N(CCCC(=O)N(Cc2ccc(Cl)cc2)[C@H](C)C(=O)NC(C)C)S(C)(=O)=O)c1. The Labute approximate surface area is 208 Å². The fourth-order valence-corrected chi connectivity index (χ4v) is 4.64. The Bertz CT molecular complexity index is 1090. The van der Waals surface area contributed by atoms with Crippen LogP contribution >= 0.6 is 11.6 Å². The highest BCUT2D eigenvalue weighted by Crippen LogP contribution is 2.20. The molecule has 0 aliphatic heterocycles. The third-order valence-corrected chi connectivity index (χ3v) is 6.75. The van der Waals surface area contributed by atoms with Gasteiger partial charge in [0.15, 0.2) is 0 Å². The van der Waals surface area contributed by atoms with Crippen molar-refractivity contribution in [2.24, 2.45) is 0 Å². The van der Waals surface area contributed by atoms with E-state index in [9.17, 15) is 18.0 Å². The molecule has 0 spiro atoms. The van der Waals surface area contributed by atoms with Crippen molar-refractivity contribution >= 4 is 39.1 Å². The van der Waals surface area contributed by atoms with Crippen LogP contribution in [-0.4, -0.2) is 50.0 Å². The molecule has 2 aromatic rings. The number of amides is 2. The van der Waals surface area contributed by atoms with Crippen LogP contribution in [0.3, 0.4) is 0 Å². The molecule has 0 saturated carbocycles. The number of carbonyl (C=O) groups excluding carboxylic acids is 2. The highest BCUT2D eigenvalue weighted by molar-refractivity contribution is 7.92. The van der Waals surface area contributed by atoms with Crippen LogP contribution in [0.15, 0.2) is 48.5 Å². The van der Waals surface area contributed by atoms with E-state index in [0.29, 0.717) is 17.1 Å². The first-order chi connectivity index (χ1) is 15.9. The standard InChI is InChI=1S/C25H34ClN3O4S/c1-18(2)27-25(31)20(4)28(17-21-11-13-22(26)14-12-21)24(30)10-7-15-29(34(5,32)33)23-9-6-8-19(3)16-23/h6,8-9,11-14,16,18,20H,7,10,15,17H2,1-5H3,(H,27,31)/t20-/m1/s1. The lowest BCUT2D eigenvalue weighted by Gasteiger charge is -2.30. The van der Waals surface area contributed by atoms with Crippen molar-refractivity contribution in [2.45, 2.75) is 59.2 Å². The lowest BCUT2D eigenvalue weighted by Crippen LogP contribution is -2.49. The summed E-state index contributed by atoms with van der Waals surface area (Å²) in [5.74, 6) is -0.464. The van der Waals surface area contributed by atoms with Gasteiger partial charge in [0.25, 0.3) is 0 Å². The Morgan fingerprint density at radius 2 is 1.71 bits per heavy atom. The molecule has 0 aromatic heterocycles. The molecule has 2 aromatic carbocycles. The largest absolute Gasteiger partial charge is 0.352 e. The number of hydrogen-bond donors (Lipinski definition) is 1. The summed E-state index contributed by atoms with van der Waals surface area (Å²) in [5.41, 5.74) is 2.36. The summed E-state index contributed by atoms with van der Waals surface area (Å²) in [7, 11) is -3.52. The van der Waals surface area contributed by atoms with Gasteiger partial charge in [-0.3, -0.25) is 13.9 Å². The van der Waals surface area contributed by atoms with Gasteiger partial charge in [0.1, 0.15) is 6.04 Å². The van der Waals surface area contributed by atoms with Gasteiger partial charge in [-0.25, -0.2) is 8.42 Å². The first-order valence-corrected chi connectivity index (χ1v) is 13.5. The van der Waals surface area contributed by atoms with Crippen LogP contribution in [0.1, 0.15) is 44.7 Å². The summed E-state index contributed by atoms with van der Waals surface area (Å²) in [4.78, 5) is 27.4. The average molecular weight is 508 g/mol. The van der Waals surface area contributed by atoms with Crippen molar-refractivity contribution in [1.29, 1.82) is 0 Å². The maximum absolute atomic E-state index is 13.2. The van der Waals surface area contributed by atoms with E-state index in [2.05, 4.69) is 5.32 Å². The second kappa shape index (κ2) is 12.2. The van der Waals surface area contributed by atoms with E-state index in [0.717, 1.165) is 17.4 Å². The van der Waals surface area contributed by atoms with Crippen LogP contribution in [0, 0.1) is 6.92 Å². The normalized spacial score (nSPS) is 12.3. The molecular weight excluding hydrogens is 474 g/mol. The molecule has 0 heterocycles. The van der Waals surface area contributed by atoms with E-state index < -0.39 is 16.1 Å². The Balaban J connectivity index is 2.16. The van der Waals surface area contributed by atoms with Gasteiger partial charge in [0, 0.05) is 30.6 Å². The van der Waals surface area contributed by atoms with Crippen molar-refractivity contribution in [3.8, 4) is 0 Å². The fourth-order valence-electron chi connectivity index (χ4n) is 3.56. The number of carbonyl (C=O) groups is 2. The second-order valence-corrected chi connectivity index (χ2v) is 11.1. The zero-order valence-electron chi connectivity index (χ0n) is 20.4. The number of benzene rings is 2. The van der Waals surface area contributed by atoms with E-state index in [1.807, 2.05) is 39.0 Å². The number of sulfonamides is 1. The third-order valence-electron chi connectivity index (χ3n) is 5.31. The van der Waals surface area contributed by atoms with E-state index >= 15 is 0 Å². The highest BCUT2D eigenvalue weighted by atomic mass is 35.5. The molecule has 1 N–H and O–H groups in total. The molecule has 0 saturated heterocycles. The van der Waals surface area contributed by atoms with Gasteiger partial charge in [0.2, 0.25) is 21.8 Å². The summed E-state index contributed by atoms with van der Waals surface area (Å²) in [5, 5.41) is 3.44. The Hall–Kier alpha value is -2.58. The molecule has 0 unspecified atom stereocenters. The van der Waals surface area contributed by atoms with E-state index in [4.69, 9.17) is 11.6 Å². The maximum Gasteiger partial charge on any atom is 0.242 e. The van der Waals surface area contributed by atoms with Crippen LogP contribution in [0.4, 0.5) is 5.69 Å². The first-order valence-electron chi connectivity index (χ1n) is 11.3. The van der Waals surface area contributed by atoms with E-state index in [1.54, 1.807) is 37.3 Å². The van der Waals surface area contributed by atoms with Gasteiger partial charge < -0.3 is 10.2 Å². The van der Waals surface area contributed by atoms with Gasteiger partial charge in [-0.2, -0.15) is 0 Å². The Kier molecular flexibility index (Phi) is 9.94. The monoisotopic (exact) mass is 507 g/mol. The minimum atomic E-state index is -3.52. The Morgan fingerprint density at radius 1 is 1.06 bits per heavy atom. The first kappa shape index (κ1) is 27.7. The van der Waals surface area contributed by atoms with Crippen molar-refractivity contribution in [3.05, 3.63) is 64.7 Å².